The van der Waals surface area contributed by atoms with Crippen LogP contribution >= 0.6 is 0 Å². The lowest BCUT2D eigenvalue weighted by Crippen LogP contribution is -1.99. The molecule has 1 rings (SSSR count). The fourth-order valence-electron chi connectivity index (χ4n) is 1.08. The molecule has 0 aromatic carbocycles. The maximum absolute atomic E-state index is 3.91. The second-order valence-corrected chi connectivity index (χ2v) is 3.34. The fourth-order valence-corrected chi connectivity index (χ4v) is 1.08. The molecule has 0 bridgehead atoms. The third-order valence-corrected chi connectivity index (χ3v) is 1.75. The molecule has 0 spiro atoms. The van der Waals surface area contributed by atoms with Crippen molar-refractivity contribution in [2.75, 3.05) is 6.54 Å². The van der Waals surface area contributed by atoms with Crippen molar-refractivity contribution in [2.24, 2.45) is 21.4 Å². The molecular formula is C8H15N3. The normalized spacial score (nSPS) is 16.1. The van der Waals surface area contributed by atoms with Gasteiger partial charge < -0.3 is 0 Å². The number of hydrogen-bond acceptors (Lipinski definition) is 3. The zero-order valence-corrected chi connectivity index (χ0v) is 7.25. The molecule has 0 aromatic rings. The lowest BCUT2D eigenvalue weighted by atomic mass is 10.0. The van der Waals surface area contributed by atoms with E-state index in [0.717, 1.165) is 24.6 Å². The van der Waals surface area contributed by atoms with Crippen molar-refractivity contribution in [2.45, 2.75) is 33.1 Å². The van der Waals surface area contributed by atoms with Crippen molar-refractivity contribution in [1.29, 1.82) is 0 Å². The Kier molecular flexibility index (Phi) is 3.20. The summed E-state index contributed by atoms with van der Waals surface area (Å²) < 4.78 is 0. The van der Waals surface area contributed by atoms with Gasteiger partial charge in [0, 0.05) is 0 Å². The van der Waals surface area contributed by atoms with E-state index < -0.39 is 0 Å². The van der Waals surface area contributed by atoms with E-state index in [4.69, 9.17) is 0 Å². The minimum atomic E-state index is 0.734. The van der Waals surface area contributed by atoms with E-state index >= 15 is 0 Å². The molecule has 0 atom stereocenters. The zero-order valence-electron chi connectivity index (χ0n) is 7.25. The van der Waals surface area contributed by atoms with Crippen LogP contribution in [-0.4, -0.2) is 12.3 Å². The molecule has 62 valence electrons. The van der Waals surface area contributed by atoms with Crippen LogP contribution in [-0.2, 0) is 0 Å². The first kappa shape index (κ1) is 8.37. The van der Waals surface area contributed by atoms with Crippen molar-refractivity contribution in [3.8, 4) is 0 Å². The van der Waals surface area contributed by atoms with Gasteiger partial charge in [0.1, 0.15) is 6.54 Å². The van der Waals surface area contributed by atoms with Crippen molar-refractivity contribution < 1.29 is 0 Å². The largest absolute Gasteiger partial charge is 0.163 e. The SMILES string of the molecule is CC(C)CCCC1=NN=NC1. The molecule has 0 saturated heterocycles. The molecule has 0 aliphatic carbocycles. The Balaban J connectivity index is 2.04. The van der Waals surface area contributed by atoms with Gasteiger partial charge in [-0.05, 0) is 24.0 Å². The molecule has 3 nitrogen and oxygen atoms in total. The van der Waals surface area contributed by atoms with Crippen LogP contribution < -0.4 is 0 Å². The molecule has 1 heterocycles. The quantitative estimate of drug-likeness (QED) is 0.595. The maximum Gasteiger partial charge on any atom is 0.102 e. The van der Waals surface area contributed by atoms with E-state index in [1.807, 2.05) is 0 Å². The second-order valence-electron chi connectivity index (χ2n) is 3.34. The summed E-state index contributed by atoms with van der Waals surface area (Å²) in [7, 11) is 0. The van der Waals surface area contributed by atoms with Gasteiger partial charge in [-0.15, -0.1) is 5.10 Å². The first-order valence-electron chi connectivity index (χ1n) is 4.21. The minimum Gasteiger partial charge on any atom is -0.163 e. The van der Waals surface area contributed by atoms with Crippen molar-refractivity contribution in [3.63, 3.8) is 0 Å². The maximum atomic E-state index is 3.91. The van der Waals surface area contributed by atoms with Crippen LogP contribution in [0.15, 0.2) is 15.4 Å². The molecular weight excluding hydrogens is 138 g/mol. The van der Waals surface area contributed by atoms with Gasteiger partial charge in [-0.3, -0.25) is 0 Å². The summed E-state index contributed by atoms with van der Waals surface area (Å²) in [5.74, 6) is 0.797. The molecule has 0 fully saturated rings. The highest BCUT2D eigenvalue weighted by atomic mass is 15.4. The first-order valence-corrected chi connectivity index (χ1v) is 4.21. The number of nitrogens with zero attached hydrogens (tertiary/aromatic N) is 3. The predicted octanol–water partition coefficient (Wildman–Crippen LogP) is 2.63. The lowest BCUT2D eigenvalue weighted by Gasteiger charge is -2.02. The van der Waals surface area contributed by atoms with Gasteiger partial charge in [-0.2, -0.15) is 5.11 Å². The van der Waals surface area contributed by atoms with Crippen LogP contribution in [0.4, 0.5) is 0 Å². The van der Waals surface area contributed by atoms with Gasteiger partial charge >= 0.3 is 0 Å². The molecule has 0 N–H and O–H groups in total. The summed E-state index contributed by atoms with van der Waals surface area (Å²) in [6.45, 7) is 5.22. The summed E-state index contributed by atoms with van der Waals surface area (Å²) in [6.07, 6.45) is 3.58. The Morgan fingerprint density at radius 1 is 1.45 bits per heavy atom. The molecule has 0 saturated carbocycles. The van der Waals surface area contributed by atoms with Gasteiger partial charge in [0.05, 0.1) is 5.71 Å². The Hall–Kier alpha value is -0.730. The second kappa shape index (κ2) is 4.21. The van der Waals surface area contributed by atoms with Gasteiger partial charge in [0.2, 0.25) is 0 Å². The van der Waals surface area contributed by atoms with Crippen LogP contribution in [0.5, 0.6) is 0 Å². The van der Waals surface area contributed by atoms with Gasteiger partial charge in [0.25, 0.3) is 0 Å². The minimum absolute atomic E-state index is 0.734. The molecule has 0 amide bonds. The van der Waals surface area contributed by atoms with Gasteiger partial charge in [-0.1, -0.05) is 20.3 Å². The Morgan fingerprint density at radius 3 is 2.82 bits per heavy atom. The van der Waals surface area contributed by atoms with Crippen molar-refractivity contribution in [3.05, 3.63) is 0 Å². The fraction of sp³-hybridized carbons (Fsp3) is 0.875. The van der Waals surface area contributed by atoms with E-state index in [2.05, 4.69) is 29.3 Å². The van der Waals surface area contributed by atoms with Gasteiger partial charge in [-0.25, -0.2) is 0 Å². The molecule has 3 heteroatoms. The van der Waals surface area contributed by atoms with Crippen LogP contribution in [0.3, 0.4) is 0 Å². The lowest BCUT2D eigenvalue weighted by molar-refractivity contribution is 0.564. The van der Waals surface area contributed by atoms with E-state index in [1.165, 1.54) is 12.8 Å². The molecule has 0 radical (unpaired) electrons. The molecule has 0 aromatic heterocycles. The third-order valence-electron chi connectivity index (χ3n) is 1.75. The van der Waals surface area contributed by atoms with Crippen LogP contribution in [0.2, 0.25) is 0 Å². The molecule has 0 unspecified atom stereocenters. The smallest absolute Gasteiger partial charge is 0.102 e. The average Bonchev–Trinajstić information content (AvgIpc) is 2.39. The standard InChI is InChI=1S/C8H15N3/c1-7(2)4-3-5-8-6-9-11-10-8/h7H,3-6H2,1-2H3. The van der Waals surface area contributed by atoms with Crippen LogP contribution in [0.1, 0.15) is 33.1 Å². The summed E-state index contributed by atoms with van der Waals surface area (Å²) in [6, 6.07) is 0. The Bertz CT molecular complexity index is 170. The van der Waals surface area contributed by atoms with Crippen LogP contribution in [0.25, 0.3) is 0 Å². The third kappa shape index (κ3) is 3.25. The number of hydrogen-bond donors (Lipinski definition) is 0. The van der Waals surface area contributed by atoms with Crippen molar-refractivity contribution in [1.82, 2.24) is 0 Å². The van der Waals surface area contributed by atoms with E-state index in [0.29, 0.717) is 0 Å². The summed E-state index contributed by atoms with van der Waals surface area (Å²) in [5.41, 5.74) is 1.14. The van der Waals surface area contributed by atoms with Crippen molar-refractivity contribution >= 4 is 5.71 Å². The molecule has 1 aliphatic rings. The summed E-state index contributed by atoms with van der Waals surface area (Å²) in [5, 5.41) is 11.3. The summed E-state index contributed by atoms with van der Waals surface area (Å²) >= 11 is 0. The van der Waals surface area contributed by atoms with E-state index in [9.17, 15) is 0 Å². The number of rotatable bonds is 4. The zero-order chi connectivity index (χ0) is 8.10. The first-order chi connectivity index (χ1) is 5.29. The highest BCUT2D eigenvalue weighted by Crippen LogP contribution is 2.09. The van der Waals surface area contributed by atoms with E-state index in [-0.39, 0.29) is 0 Å². The van der Waals surface area contributed by atoms with E-state index in [1.54, 1.807) is 0 Å². The van der Waals surface area contributed by atoms with Gasteiger partial charge in [0.15, 0.2) is 0 Å². The Morgan fingerprint density at radius 2 is 2.27 bits per heavy atom. The Labute approximate surface area is 67.6 Å². The highest BCUT2D eigenvalue weighted by molar-refractivity contribution is 5.86. The summed E-state index contributed by atoms with van der Waals surface area (Å²) in [4.78, 5) is 0. The topological polar surface area (TPSA) is 37.1 Å². The highest BCUT2D eigenvalue weighted by Gasteiger charge is 2.03. The molecule has 11 heavy (non-hydrogen) atoms. The van der Waals surface area contributed by atoms with Crippen LogP contribution in [0, 0.1) is 5.92 Å². The average molecular weight is 153 g/mol. The monoisotopic (exact) mass is 153 g/mol. The molecule has 1 aliphatic heterocycles. The predicted molar refractivity (Wildman–Crippen MR) is 45.8 cm³/mol.